The van der Waals surface area contributed by atoms with Gasteiger partial charge in [-0.05, 0) is 26.2 Å². The molecule has 0 fully saturated rings. The summed E-state index contributed by atoms with van der Waals surface area (Å²) in [5.74, 6) is 0.602. The van der Waals surface area contributed by atoms with Gasteiger partial charge in [0.1, 0.15) is 17.2 Å². The van der Waals surface area contributed by atoms with E-state index < -0.39 is 0 Å². The summed E-state index contributed by atoms with van der Waals surface area (Å²) in [4.78, 5) is 18.4. The average Bonchev–Trinajstić information content (AvgIpc) is 2.71. The van der Waals surface area contributed by atoms with Crippen LogP contribution in [0, 0.1) is 6.92 Å². The van der Waals surface area contributed by atoms with Crippen molar-refractivity contribution in [3.8, 4) is 11.4 Å². The Morgan fingerprint density at radius 2 is 2.29 bits per heavy atom. The van der Waals surface area contributed by atoms with Gasteiger partial charge in [0, 0.05) is 12.6 Å². The fourth-order valence-electron chi connectivity index (χ4n) is 2.21. The Hall–Kier alpha value is -1.98. The lowest BCUT2D eigenvalue weighted by molar-refractivity contribution is 0.477. The molecular weight excluding hydrogens is 218 g/mol. The van der Waals surface area contributed by atoms with Crippen LogP contribution >= 0.6 is 0 Å². The molecule has 17 heavy (non-hydrogen) atoms. The van der Waals surface area contributed by atoms with Gasteiger partial charge < -0.3 is 4.98 Å². The van der Waals surface area contributed by atoms with E-state index in [1.165, 1.54) is 6.07 Å². The zero-order valence-corrected chi connectivity index (χ0v) is 9.60. The van der Waals surface area contributed by atoms with Crippen LogP contribution in [0.4, 0.5) is 0 Å². The summed E-state index contributed by atoms with van der Waals surface area (Å²) in [5.41, 5.74) is 2.31. The number of fused-ring (bicyclic) bond motifs is 1. The molecule has 0 bridgehead atoms. The first-order valence-corrected chi connectivity index (χ1v) is 5.75. The van der Waals surface area contributed by atoms with Gasteiger partial charge in [-0.25, -0.2) is 9.67 Å². The second-order valence-corrected chi connectivity index (χ2v) is 4.28. The summed E-state index contributed by atoms with van der Waals surface area (Å²) in [6.07, 6.45) is 3.23. The van der Waals surface area contributed by atoms with E-state index in [2.05, 4.69) is 20.3 Å². The molecule has 2 aromatic rings. The Morgan fingerprint density at radius 1 is 1.41 bits per heavy atom. The normalized spacial score (nSPS) is 14.6. The first-order chi connectivity index (χ1) is 8.24. The molecule has 0 saturated carbocycles. The third-order valence-corrected chi connectivity index (χ3v) is 2.97. The molecule has 0 atom stereocenters. The van der Waals surface area contributed by atoms with E-state index in [4.69, 9.17) is 0 Å². The van der Waals surface area contributed by atoms with E-state index >= 15 is 0 Å². The van der Waals surface area contributed by atoms with E-state index in [9.17, 15) is 4.79 Å². The lowest BCUT2D eigenvalue weighted by Gasteiger charge is -2.12. The molecule has 0 amide bonds. The van der Waals surface area contributed by atoms with Crippen LogP contribution in [-0.2, 0) is 13.0 Å². The lowest BCUT2D eigenvalue weighted by Crippen LogP contribution is -2.12. The number of aromatic nitrogens is 5. The van der Waals surface area contributed by atoms with Crippen molar-refractivity contribution in [1.29, 1.82) is 0 Å². The molecule has 6 heteroatoms. The van der Waals surface area contributed by atoms with Crippen LogP contribution in [0.25, 0.3) is 11.4 Å². The van der Waals surface area contributed by atoms with Gasteiger partial charge in [0.25, 0.3) is 5.56 Å². The second-order valence-electron chi connectivity index (χ2n) is 4.28. The molecule has 0 aromatic carbocycles. The van der Waals surface area contributed by atoms with Crippen molar-refractivity contribution >= 4 is 0 Å². The molecule has 0 spiro atoms. The third-order valence-electron chi connectivity index (χ3n) is 2.97. The summed E-state index contributed by atoms with van der Waals surface area (Å²) in [6, 6.07) is 1.48. The van der Waals surface area contributed by atoms with Gasteiger partial charge in [-0.15, -0.1) is 5.10 Å². The highest BCUT2D eigenvalue weighted by Gasteiger charge is 2.18. The molecule has 2 aromatic heterocycles. The van der Waals surface area contributed by atoms with E-state index in [0.29, 0.717) is 11.5 Å². The molecule has 6 nitrogen and oxygen atoms in total. The Bertz CT molecular complexity index is 613. The molecule has 1 N–H and O–H groups in total. The van der Waals surface area contributed by atoms with Crippen LogP contribution in [0.1, 0.15) is 24.4 Å². The number of hydrogen-bond donors (Lipinski definition) is 1. The third kappa shape index (κ3) is 1.75. The summed E-state index contributed by atoms with van der Waals surface area (Å²) in [6.45, 7) is 2.67. The quantitative estimate of drug-likeness (QED) is 0.782. The number of aromatic amines is 1. The standard InChI is InChI=1S/C11H13N5O/c1-7-12-8(6-10(17)13-7)11-9-4-2-3-5-16(9)15-14-11/h6H,2-5H2,1H3,(H,12,13,17). The van der Waals surface area contributed by atoms with Crippen LogP contribution in [0.2, 0.25) is 0 Å². The van der Waals surface area contributed by atoms with Crippen molar-refractivity contribution in [1.82, 2.24) is 25.0 Å². The van der Waals surface area contributed by atoms with E-state index in [-0.39, 0.29) is 5.56 Å². The van der Waals surface area contributed by atoms with Crippen molar-refractivity contribution in [3.63, 3.8) is 0 Å². The van der Waals surface area contributed by atoms with Crippen molar-refractivity contribution in [3.05, 3.63) is 27.9 Å². The minimum atomic E-state index is -0.148. The Morgan fingerprint density at radius 3 is 3.12 bits per heavy atom. The molecule has 0 unspecified atom stereocenters. The van der Waals surface area contributed by atoms with Crippen molar-refractivity contribution < 1.29 is 0 Å². The average molecular weight is 231 g/mol. The van der Waals surface area contributed by atoms with Crippen LogP contribution < -0.4 is 5.56 Å². The fraction of sp³-hybridized carbons (Fsp3) is 0.455. The van der Waals surface area contributed by atoms with Gasteiger partial charge in [0.15, 0.2) is 0 Å². The predicted molar refractivity (Wildman–Crippen MR) is 61.5 cm³/mol. The van der Waals surface area contributed by atoms with E-state index in [1.807, 2.05) is 4.68 Å². The van der Waals surface area contributed by atoms with Crippen molar-refractivity contribution in [2.45, 2.75) is 32.7 Å². The Kier molecular flexibility index (Phi) is 2.28. The maximum Gasteiger partial charge on any atom is 0.251 e. The minimum Gasteiger partial charge on any atom is -0.311 e. The molecule has 88 valence electrons. The first-order valence-electron chi connectivity index (χ1n) is 5.75. The summed E-state index contributed by atoms with van der Waals surface area (Å²) in [5, 5.41) is 8.25. The fourth-order valence-corrected chi connectivity index (χ4v) is 2.21. The highest BCUT2D eigenvalue weighted by Crippen LogP contribution is 2.23. The highest BCUT2D eigenvalue weighted by atomic mass is 16.1. The van der Waals surface area contributed by atoms with E-state index in [1.54, 1.807) is 6.92 Å². The molecule has 0 radical (unpaired) electrons. The van der Waals surface area contributed by atoms with Gasteiger partial charge in [0.05, 0.1) is 5.69 Å². The monoisotopic (exact) mass is 231 g/mol. The SMILES string of the molecule is Cc1nc(-c2nnn3c2CCCC3)cc(=O)[nH]1. The smallest absolute Gasteiger partial charge is 0.251 e. The van der Waals surface area contributed by atoms with Crippen LogP contribution in [0.5, 0.6) is 0 Å². The highest BCUT2D eigenvalue weighted by molar-refractivity contribution is 5.56. The maximum atomic E-state index is 11.4. The number of nitrogens with zero attached hydrogens (tertiary/aromatic N) is 4. The van der Waals surface area contributed by atoms with E-state index in [0.717, 1.165) is 37.2 Å². The minimum absolute atomic E-state index is 0.148. The van der Waals surface area contributed by atoms with Gasteiger partial charge in [-0.1, -0.05) is 5.21 Å². The number of H-pyrrole nitrogens is 1. The number of rotatable bonds is 1. The number of hydrogen-bond acceptors (Lipinski definition) is 4. The zero-order valence-electron chi connectivity index (χ0n) is 9.60. The predicted octanol–water partition coefficient (Wildman–Crippen LogP) is 0.673. The Labute approximate surface area is 97.7 Å². The van der Waals surface area contributed by atoms with Gasteiger partial charge in [-0.2, -0.15) is 0 Å². The zero-order chi connectivity index (χ0) is 11.8. The maximum absolute atomic E-state index is 11.4. The van der Waals surface area contributed by atoms with Crippen LogP contribution in [0.3, 0.4) is 0 Å². The van der Waals surface area contributed by atoms with Crippen LogP contribution in [-0.4, -0.2) is 25.0 Å². The second kappa shape index (κ2) is 3.80. The molecule has 3 rings (SSSR count). The molecule has 0 aliphatic carbocycles. The lowest BCUT2D eigenvalue weighted by atomic mass is 10.1. The molecule has 0 saturated heterocycles. The van der Waals surface area contributed by atoms with Crippen molar-refractivity contribution in [2.24, 2.45) is 0 Å². The molecule has 1 aliphatic rings. The summed E-state index contributed by atoms with van der Waals surface area (Å²) >= 11 is 0. The van der Waals surface area contributed by atoms with Gasteiger partial charge in [0.2, 0.25) is 0 Å². The summed E-state index contributed by atoms with van der Waals surface area (Å²) in [7, 11) is 0. The molecule has 1 aliphatic heterocycles. The number of nitrogens with one attached hydrogen (secondary N) is 1. The van der Waals surface area contributed by atoms with Crippen molar-refractivity contribution in [2.75, 3.05) is 0 Å². The first kappa shape index (κ1) is 10.2. The molecule has 3 heterocycles. The largest absolute Gasteiger partial charge is 0.311 e. The summed E-state index contributed by atoms with van der Waals surface area (Å²) < 4.78 is 1.91. The van der Waals surface area contributed by atoms with Crippen LogP contribution in [0.15, 0.2) is 10.9 Å². The topological polar surface area (TPSA) is 76.5 Å². The Balaban J connectivity index is 2.15. The number of aryl methyl sites for hydroxylation is 2. The molecular formula is C11H13N5O. The van der Waals surface area contributed by atoms with Gasteiger partial charge >= 0.3 is 0 Å². The van der Waals surface area contributed by atoms with Gasteiger partial charge in [-0.3, -0.25) is 4.79 Å².